The van der Waals surface area contributed by atoms with Crippen molar-refractivity contribution in [1.29, 1.82) is 0 Å². The quantitative estimate of drug-likeness (QED) is 0.166. The second kappa shape index (κ2) is 12.8. The molecule has 3 nitrogen and oxygen atoms in total. The van der Waals surface area contributed by atoms with Crippen molar-refractivity contribution in [3.63, 3.8) is 0 Å². The summed E-state index contributed by atoms with van der Waals surface area (Å²) in [5, 5.41) is 8.58. The summed E-state index contributed by atoms with van der Waals surface area (Å²) in [4.78, 5) is 15.6. The highest BCUT2D eigenvalue weighted by Gasteiger charge is 2.19. The zero-order valence-corrected chi connectivity index (χ0v) is 30.5. The molecule has 55 heavy (non-hydrogen) atoms. The van der Waals surface area contributed by atoms with E-state index in [0.717, 1.165) is 56.0 Å². The van der Waals surface area contributed by atoms with E-state index in [4.69, 9.17) is 15.0 Å². The maximum atomic E-state index is 5.57. The smallest absolute Gasteiger partial charge is 0.160 e. The van der Waals surface area contributed by atoms with Gasteiger partial charge in [0.25, 0.3) is 0 Å². The van der Waals surface area contributed by atoms with Crippen LogP contribution in [0.25, 0.3) is 109 Å². The molecule has 0 saturated carbocycles. The summed E-state index contributed by atoms with van der Waals surface area (Å²) in [6.07, 6.45) is 0. The van der Waals surface area contributed by atoms with Gasteiger partial charge in [-0.3, -0.25) is 0 Å². The summed E-state index contributed by atoms with van der Waals surface area (Å²) >= 11 is 1.86. The van der Waals surface area contributed by atoms with E-state index in [1.807, 2.05) is 47.7 Å². The number of nitrogens with zero attached hydrogens (tertiary/aromatic N) is 3. The fourth-order valence-corrected chi connectivity index (χ4v) is 9.23. The van der Waals surface area contributed by atoms with Crippen LogP contribution in [0.2, 0.25) is 0 Å². The SMILES string of the molecule is c1ccc(-c2cc(-c3ccc(-c4ccc5c(c4)nc(-c4cc6ccccc6c6ccccc46)c4c6ccccc6sc54)cc3)nc(-c3ccccc3)n2)cc1. The van der Waals surface area contributed by atoms with Crippen molar-refractivity contribution < 1.29 is 0 Å². The molecule has 3 aromatic heterocycles. The molecule has 0 saturated heterocycles. The topological polar surface area (TPSA) is 38.7 Å². The predicted molar refractivity (Wildman–Crippen MR) is 232 cm³/mol. The minimum absolute atomic E-state index is 0.712. The molecule has 0 bridgehead atoms. The monoisotopic (exact) mass is 717 g/mol. The summed E-state index contributed by atoms with van der Waals surface area (Å²) in [5.74, 6) is 0.712. The van der Waals surface area contributed by atoms with Gasteiger partial charge in [0.15, 0.2) is 5.82 Å². The van der Waals surface area contributed by atoms with Crippen LogP contribution in [0.4, 0.5) is 0 Å². The molecular weight excluding hydrogens is 687 g/mol. The minimum Gasteiger partial charge on any atom is -0.247 e. The Bertz CT molecular complexity index is 3180. The molecule has 3 heterocycles. The standard InChI is InChI=1S/C51H31N3S/c1-3-13-33(14-4-1)44-31-45(54-51(53-44)35-15-5-2-6-16-35)34-25-23-32(24-26-34)36-27-28-41-46(30-36)52-49(48-42-21-11-12-22-47(42)55-50(41)48)43-29-37-17-7-8-18-38(37)39-19-9-10-20-40(39)43/h1-31H. The summed E-state index contributed by atoms with van der Waals surface area (Å²) < 4.78 is 2.54. The van der Waals surface area contributed by atoms with E-state index in [-0.39, 0.29) is 0 Å². The Morgan fingerprint density at radius 3 is 1.71 bits per heavy atom. The molecule has 4 heteroatoms. The Morgan fingerprint density at radius 1 is 0.364 bits per heavy atom. The second-order valence-corrected chi connectivity index (χ2v) is 15.0. The zero-order chi connectivity index (χ0) is 36.3. The summed E-state index contributed by atoms with van der Waals surface area (Å²) in [7, 11) is 0. The number of thiophene rings is 1. The molecule has 0 aliphatic heterocycles. The van der Waals surface area contributed by atoms with E-state index in [2.05, 4.69) is 152 Å². The van der Waals surface area contributed by atoms with Crippen molar-refractivity contribution in [1.82, 2.24) is 15.0 Å². The van der Waals surface area contributed by atoms with E-state index in [0.29, 0.717) is 5.82 Å². The molecular formula is C51H31N3S. The van der Waals surface area contributed by atoms with Crippen LogP contribution in [0.5, 0.6) is 0 Å². The van der Waals surface area contributed by atoms with Gasteiger partial charge in [-0.15, -0.1) is 11.3 Å². The number of rotatable bonds is 5. The first kappa shape index (κ1) is 31.5. The van der Waals surface area contributed by atoms with Crippen LogP contribution in [-0.2, 0) is 0 Å². The van der Waals surface area contributed by atoms with E-state index in [1.54, 1.807) is 0 Å². The van der Waals surface area contributed by atoms with Crippen LogP contribution in [0.3, 0.4) is 0 Å². The third-order valence-corrected chi connectivity index (χ3v) is 11.9. The largest absolute Gasteiger partial charge is 0.247 e. The van der Waals surface area contributed by atoms with Crippen LogP contribution in [0.1, 0.15) is 0 Å². The van der Waals surface area contributed by atoms with Crippen molar-refractivity contribution >= 4 is 64.0 Å². The van der Waals surface area contributed by atoms with Gasteiger partial charge in [-0.2, -0.15) is 0 Å². The average molecular weight is 718 g/mol. The molecule has 0 aliphatic rings. The van der Waals surface area contributed by atoms with Gasteiger partial charge in [0.2, 0.25) is 0 Å². The molecule has 0 atom stereocenters. The van der Waals surface area contributed by atoms with Crippen LogP contribution in [0, 0.1) is 0 Å². The lowest BCUT2D eigenvalue weighted by Crippen LogP contribution is -1.95. The van der Waals surface area contributed by atoms with Crippen LogP contribution in [-0.4, -0.2) is 15.0 Å². The van der Waals surface area contributed by atoms with Gasteiger partial charge in [0.05, 0.1) is 22.6 Å². The highest BCUT2D eigenvalue weighted by atomic mass is 32.1. The van der Waals surface area contributed by atoms with Crippen LogP contribution < -0.4 is 0 Å². The molecule has 0 spiro atoms. The minimum atomic E-state index is 0.712. The van der Waals surface area contributed by atoms with Crippen LogP contribution in [0.15, 0.2) is 188 Å². The first-order valence-electron chi connectivity index (χ1n) is 18.5. The first-order valence-corrected chi connectivity index (χ1v) is 19.3. The number of hydrogen-bond donors (Lipinski definition) is 0. The Balaban J connectivity index is 1.06. The van der Waals surface area contributed by atoms with E-state index in [1.165, 1.54) is 47.1 Å². The highest BCUT2D eigenvalue weighted by molar-refractivity contribution is 7.26. The number of pyridine rings is 1. The summed E-state index contributed by atoms with van der Waals surface area (Å²) in [6, 6.07) is 66.6. The third kappa shape index (κ3) is 5.38. The average Bonchev–Trinajstić information content (AvgIpc) is 3.66. The lowest BCUT2D eigenvalue weighted by atomic mass is 9.93. The molecule has 0 fully saturated rings. The Kier molecular flexibility index (Phi) is 7.35. The first-order chi connectivity index (χ1) is 27.2. The molecule has 256 valence electrons. The molecule has 0 N–H and O–H groups in total. The Morgan fingerprint density at radius 2 is 0.945 bits per heavy atom. The van der Waals surface area contributed by atoms with Crippen LogP contribution >= 0.6 is 11.3 Å². The Hall–Kier alpha value is -7.01. The van der Waals surface area contributed by atoms with E-state index < -0.39 is 0 Å². The van der Waals surface area contributed by atoms with Gasteiger partial charge in [0, 0.05) is 47.8 Å². The van der Waals surface area contributed by atoms with Gasteiger partial charge >= 0.3 is 0 Å². The van der Waals surface area contributed by atoms with Crippen molar-refractivity contribution in [2.75, 3.05) is 0 Å². The molecule has 11 aromatic rings. The van der Waals surface area contributed by atoms with Gasteiger partial charge in [-0.1, -0.05) is 164 Å². The Labute approximate surface area is 321 Å². The second-order valence-electron chi connectivity index (χ2n) is 14.0. The maximum absolute atomic E-state index is 5.57. The predicted octanol–water partition coefficient (Wildman–Crippen LogP) is 14.0. The molecule has 0 unspecified atom stereocenters. The lowest BCUT2D eigenvalue weighted by molar-refractivity contribution is 1.18. The molecule has 0 amide bonds. The fraction of sp³-hybridized carbons (Fsp3) is 0. The summed E-state index contributed by atoms with van der Waals surface area (Å²) in [6.45, 7) is 0. The number of hydrogen-bond acceptors (Lipinski definition) is 4. The van der Waals surface area contributed by atoms with Gasteiger partial charge < -0.3 is 0 Å². The van der Waals surface area contributed by atoms with Gasteiger partial charge in [-0.25, -0.2) is 15.0 Å². The molecule has 8 aromatic carbocycles. The number of aromatic nitrogens is 3. The maximum Gasteiger partial charge on any atom is 0.160 e. The fourth-order valence-electron chi connectivity index (χ4n) is 7.99. The van der Waals surface area contributed by atoms with Crippen molar-refractivity contribution in [2.45, 2.75) is 0 Å². The third-order valence-electron chi connectivity index (χ3n) is 10.7. The van der Waals surface area contributed by atoms with Gasteiger partial charge in [0.1, 0.15) is 0 Å². The molecule has 0 radical (unpaired) electrons. The number of benzene rings is 8. The lowest BCUT2D eigenvalue weighted by Gasteiger charge is -2.14. The summed E-state index contributed by atoms with van der Waals surface area (Å²) in [5.41, 5.74) is 10.3. The number of fused-ring (bicyclic) bond motifs is 8. The highest BCUT2D eigenvalue weighted by Crippen LogP contribution is 2.45. The van der Waals surface area contributed by atoms with E-state index >= 15 is 0 Å². The molecule has 11 rings (SSSR count). The van der Waals surface area contributed by atoms with Gasteiger partial charge in [-0.05, 0) is 56.9 Å². The van der Waals surface area contributed by atoms with Crippen molar-refractivity contribution in [2.24, 2.45) is 0 Å². The normalized spacial score (nSPS) is 11.6. The molecule has 0 aliphatic carbocycles. The zero-order valence-electron chi connectivity index (χ0n) is 29.6. The van der Waals surface area contributed by atoms with Crippen molar-refractivity contribution in [3.8, 4) is 56.3 Å². The van der Waals surface area contributed by atoms with Crippen molar-refractivity contribution in [3.05, 3.63) is 188 Å². The van der Waals surface area contributed by atoms with E-state index in [9.17, 15) is 0 Å².